The number of hydrogen-bond acceptors (Lipinski definition) is 2. The maximum Gasteiger partial charge on any atom is 0.0931 e. The minimum atomic E-state index is 0.122. The Bertz CT molecular complexity index is 588. The summed E-state index contributed by atoms with van der Waals surface area (Å²) in [6.07, 6.45) is 1.01. The largest absolute Gasteiger partial charge is 0.311 e. The molecule has 0 saturated carbocycles. The highest BCUT2D eigenvalue weighted by molar-refractivity contribution is 9.10. The molecule has 0 saturated heterocycles. The molecule has 1 nitrogen and oxygen atoms in total. The summed E-state index contributed by atoms with van der Waals surface area (Å²) in [4.78, 5) is 1.33. The molecule has 0 fully saturated rings. The highest BCUT2D eigenvalue weighted by Gasteiger charge is 2.17. The van der Waals surface area contributed by atoms with Gasteiger partial charge in [0.2, 0.25) is 0 Å². The summed E-state index contributed by atoms with van der Waals surface area (Å²) in [5.74, 6) is 0.441. The molecule has 4 heteroatoms. The van der Waals surface area contributed by atoms with Gasteiger partial charge in [-0.15, -0.1) is 11.3 Å². The van der Waals surface area contributed by atoms with Crippen molar-refractivity contribution in [2.24, 2.45) is 0 Å². The van der Waals surface area contributed by atoms with Crippen molar-refractivity contribution in [1.29, 1.82) is 0 Å². The molecule has 0 radical (unpaired) electrons. The fourth-order valence-electron chi connectivity index (χ4n) is 2.20. The van der Waals surface area contributed by atoms with E-state index in [1.807, 2.05) is 6.07 Å². The molecular formula is C17H21BrClNS. The molecule has 114 valence electrons. The fraction of sp³-hybridized carbons (Fsp3) is 0.412. The molecule has 1 aromatic carbocycles. The average Bonchev–Trinajstić information content (AvgIpc) is 2.79. The van der Waals surface area contributed by atoms with E-state index in [0.29, 0.717) is 5.92 Å². The normalized spacial score (nSPS) is 13.4. The molecule has 0 aliphatic heterocycles. The van der Waals surface area contributed by atoms with Gasteiger partial charge in [-0.3, -0.25) is 0 Å². The van der Waals surface area contributed by atoms with E-state index < -0.39 is 0 Å². The van der Waals surface area contributed by atoms with E-state index >= 15 is 0 Å². The fourth-order valence-corrected chi connectivity index (χ4v) is 3.79. The van der Waals surface area contributed by atoms with E-state index in [1.54, 1.807) is 11.3 Å². The summed E-state index contributed by atoms with van der Waals surface area (Å²) in [7, 11) is 0. The van der Waals surface area contributed by atoms with Crippen LogP contribution in [0.3, 0.4) is 0 Å². The van der Waals surface area contributed by atoms with Gasteiger partial charge in [-0.1, -0.05) is 39.7 Å². The number of hydrogen-bond donors (Lipinski definition) is 1. The smallest absolute Gasteiger partial charge is 0.0931 e. The van der Waals surface area contributed by atoms with Crippen LogP contribution in [-0.2, 0) is 6.42 Å². The average molecular weight is 387 g/mol. The lowest BCUT2D eigenvalue weighted by molar-refractivity contribution is 0.405. The number of thiophene rings is 1. The Morgan fingerprint density at radius 2 is 2.00 bits per heavy atom. The minimum absolute atomic E-state index is 0.122. The van der Waals surface area contributed by atoms with Gasteiger partial charge in [-0.05, 0) is 57.0 Å². The van der Waals surface area contributed by atoms with Crippen LogP contribution in [0.25, 0.3) is 0 Å². The summed E-state index contributed by atoms with van der Waals surface area (Å²) >= 11 is 11.3. The van der Waals surface area contributed by atoms with E-state index in [0.717, 1.165) is 21.8 Å². The summed E-state index contributed by atoms with van der Waals surface area (Å²) in [6.45, 7) is 7.56. The van der Waals surface area contributed by atoms with Crippen molar-refractivity contribution in [2.45, 2.75) is 38.6 Å². The SMILES string of the molecule is CC(C)(C)NCC(Cc1ccc(Cl)s1)c1cccc(Br)c1. The Kier molecular flexibility index (Phi) is 5.89. The summed E-state index contributed by atoms with van der Waals surface area (Å²) in [6, 6.07) is 12.7. The first-order valence-corrected chi connectivity index (χ1v) is 9.07. The second-order valence-corrected chi connectivity index (χ2v) is 9.01. The molecule has 1 heterocycles. The van der Waals surface area contributed by atoms with Crippen LogP contribution in [0.2, 0.25) is 4.34 Å². The van der Waals surface area contributed by atoms with E-state index in [1.165, 1.54) is 10.4 Å². The predicted molar refractivity (Wildman–Crippen MR) is 97.7 cm³/mol. The third-order valence-corrected chi connectivity index (χ3v) is 5.02. The van der Waals surface area contributed by atoms with Gasteiger partial charge in [0.1, 0.15) is 0 Å². The maximum absolute atomic E-state index is 6.06. The second kappa shape index (κ2) is 7.28. The van der Waals surface area contributed by atoms with E-state index in [2.05, 4.69) is 72.3 Å². The molecule has 2 rings (SSSR count). The Morgan fingerprint density at radius 3 is 2.57 bits per heavy atom. The summed E-state index contributed by atoms with van der Waals surface area (Å²) in [5.41, 5.74) is 1.47. The van der Waals surface area contributed by atoms with Crippen molar-refractivity contribution in [3.8, 4) is 0 Å². The zero-order chi connectivity index (χ0) is 15.5. The van der Waals surface area contributed by atoms with Crippen molar-refractivity contribution in [2.75, 3.05) is 6.54 Å². The maximum atomic E-state index is 6.06. The molecule has 0 aliphatic carbocycles. The molecule has 2 aromatic rings. The van der Waals surface area contributed by atoms with Gasteiger partial charge >= 0.3 is 0 Å². The minimum Gasteiger partial charge on any atom is -0.311 e. The first-order valence-electron chi connectivity index (χ1n) is 7.08. The number of benzene rings is 1. The molecule has 1 unspecified atom stereocenters. The molecule has 0 spiro atoms. The quantitative estimate of drug-likeness (QED) is 0.676. The van der Waals surface area contributed by atoms with Crippen LogP contribution in [0.4, 0.5) is 0 Å². The number of rotatable bonds is 5. The van der Waals surface area contributed by atoms with Crippen LogP contribution in [0, 0.1) is 0 Å². The van der Waals surface area contributed by atoms with Crippen LogP contribution >= 0.6 is 38.9 Å². The van der Waals surface area contributed by atoms with Gasteiger partial charge in [0, 0.05) is 27.4 Å². The lowest BCUT2D eigenvalue weighted by Crippen LogP contribution is -2.39. The van der Waals surface area contributed by atoms with E-state index in [4.69, 9.17) is 11.6 Å². The molecule has 0 bridgehead atoms. The third kappa shape index (κ3) is 5.74. The zero-order valence-corrected chi connectivity index (χ0v) is 15.8. The number of halogens is 2. The van der Waals surface area contributed by atoms with Gasteiger partial charge in [0.25, 0.3) is 0 Å². The standard InChI is InChI=1S/C17H21BrClNS/c1-17(2,3)20-11-13(10-15-7-8-16(19)21-15)12-5-4-6-14(18)9-12/h4-9,13,20H,10-11H2,1-3H3. The zero-order valence-electron chi connectivity index (χ0n) is 12.6. The van der Waals surface area contributed by atoms with E-state index in [-0.39, 0.29) is 5.54 Å². The molecule has 1 atom stereocenters. The topological polar surface area (TPSA) is 12.0 Å². The van der Waals surface area contributed by atoms with Crippen LogP contribution in [-0.4, -0.2) is 12.1 Å². The van der Waals surface area contributed by atoms with Crippen LogP contribution in [0.15, 0.2) is 40.9 Å². The Hall–Kier alpha value is -0.350. The van der Waals surface area contributed by atoms with Crippen molar-refractivity contribution in [1.82, 2.24) is 5.32 Å². The van der Waals surface area contributed by atoms with Gasteiger partial charge in [0.05, 0.1) is 4.34 Å². The molecule has 0 amide bonds. The van der Waals surface area contributed by atoms with Crippen molar-refractivity contribution in [3.63, 3.8) is 0 Å². The molecule has 21 heavy (non-hydrogen) atoms. The molecule has 0 aliphatic rings. The lowest BCUT2D eigenvalue weighted by Gasteiger charge is -2.25. The van der Waals surface area contributed by atoms with E-state index in [9.17, 15) is 0 Å². The molecule has 1 N–H and O–H groups in total. The Labute approximate surface area is 144 Å². The highest BCUT2D eigenvalue weighted by Crippen LogP contribution is 2.29. The third-order valence-electron chi connectivity index (χ3n) is 3.28. The van der Waals surface area contributed by atoms with Gasteiger partial charge < -0.3 is 5.32 Å². The van der Waals surface area contributed by atoms with Gasteiger partial charge in [0.15, 0.2) is 0 Å². The monoisotopic (exact) mass is 385 g/mol. The highest BCUT2D eigenvalue weighted by atomic mass is 79.9. The van der Waals surface area contributed by atoms with Crippen LogP contribution in [0.1, 0.15) is 37.1 Å². The predicted octanol–water partition coefficient (Wildman–Crippen LogP) is 5.88. The summed E-state index contributed by atoms with van der Waals surface area (Å²) < 4.78 is 1.99. The number of nitrogens with one attached hydrogen (secondary N) is 1. The first-order chi connectivity index (χ1) is 9.83. The summed E-state index contributed by atoms with van der Waals surface area (Å²) in [5, 5.41) is 3.62. The van der Waals surface area contributed by atoms with Gasteiger partial charge in [-0.2, -0.15) is 0 Å². The molecule has 1 aromatic heterocycles. The van der Waals surface area contributed by atoms with Crippen LogP contribution < -0.4 is 5.32 Å². The lowest BCUT2D eigenvalue weighted by atomic mass is 9.94. The van der Waals surface area contributed by atoms with Crippen LogP contribution in [0.5, 0.6) is 0 Å². The first kappa shape index (κ1) is 17.0. The Balaban J connectivity index is 2.17. The molecular weight excluding hydrogens is 366 g/mol. The Morgan fingerprint density at radius 1 is 1.24 bits per heavy atom. The van der Waals surface area contributed by atoms with Crippen molar-refractivity contribution in [3.05, 3.63) is 55.6 Å². The second-order valence-electron chi connectivity index (χ2n) is 6.29. The van der Waals surface area contributed by atoms with Crippen molar-refractivity contribution < 1.29 is 0 Å². The van der Waals surface area contributed by atoms with Gasteiger partial charge in [-0.25, -0.2) is 0 Å². The van der Waals surface area contributed by atoms with Crippen molar-refractivity contribution >= 4 is 38.9 Å².